The zero-order valence-corrected chi connectivity index (χ0v) is 8.88. The molecule has 0 bridgehead atoms. The lowest BCUT2D eigenvalue weighted by Gasteiger charge is -2.06. The molecule has 0 atom stereocenters. The summed E-state index contributed by atoms with van der Waals surface area (Å²) in [5.74, 6) is -0.121. The number of hydrogen-bond donors (Lipinski definition) is 1. The highest BCUT2D eigenvalue weighted by molar-refractivity contribution is 6.35. The molecule has 76 valence electrons. The Morgan fingerprint density at radius 2 is 2.20 bits per heavy atom. The van der Waals surface area contributed by atoms with Crippen LogP contribution in [-0.2, 0) is 4.79 Å². The Balaban J connectivity index is 2.66. The highest BCUT2D eigenvalue weighted by Gasteiger charge is 2.05. The van der Waals surface area contributed by atoms with Crippen molar-refractivity contribution in [1.29, 1.82) is 0 Å². The van der Waals surface area contributed by atoms with Gasteiger partial charge in [0.1, 0.15) is 0 Å². The second-order valence-electron chi connectivity index (χ2n) is 3.18. The summed E-state index contributed by atoms with van der Waals surface area (Å²) in [6.07, 6.45) is 1.67. The number of carbonyl (C=O) groups excluding carboxylic acids is 1. The van der Waals surface area contributed by atoms with Crippen LogP contribution in [0.4, 0.5) is 5.69 Å². The number of amides is 1. The van der Waals surface area contributed by atoms with Gasteiger partial charge in [-0.3, -0.25) is 9.78 Å². The van der Waals surface area contributed by atoms with E-state index < -0.39 is 0 Å². The first-order valence-electron chi connectivity index (χ1n) is 4.49. The summed E-state index contributed by atoms with van der Waals surface area (Å²) in [7, 11) is 0. The minimum absolute atomic E-state index is 0.121. The van der Waals surface area contributed by atoms with Crippen molar-refractivity contribution in [3.8, 4) is 0 Å². The van der Waals surface area contributed by atoms with Gasteiger partial charge >= 0.3 is 0 Å². The summed E-state index contributed by atoms with van der Waals surface area (Å²) in [5, 5.41) is 4.18. The van der Waals surface area contributed by atoms with E-state index in [4.69, 9.17) is 11.6 Å². The molecule has 1 aromatic carbocycles. The Kier molecular flexibility index (Phi) is 2.56. The van der Waals surface area contributed by atoms with E-state index in [-0.39, 0.29) is 5.91 Å². The third-order valence-electron chi connectivity index (χ3n) is 2.03. The number of carbonyl (C=O) groups is 1. The van der Waals surface area contributed by atoms with Gasteiger partial charge in [-0.1, -0.05) is 11.6 Å². The molecule has 1 N–H and O–H groups in total. The normalized spacial score (nSPS) is 10.3. The van der Waals surface area contributed by atoms with Gasteiger partial charge in [-0.15, -0.1) is 0 Å². The van der Waals surface area contributed by atoms with Crippen molar-refractivity contribution < 1.29 is 4.79 Å². The van der Waals surface area contributed by atoms with Gasteiger partial charge in [-0.2, -0.15) is 0 Å². The van der Waals surface area contributed by atoms with E-state index in [0.717, 1.165) is 5.39 Å². The molecule has 1 aromatic heterocycles. The molecule has 0 aliphatic rings. The first kappa shape index (κ1) is 9.93. The van der Waals surface area contributed by atoms with Crippen molar-refractivity contribution in [2.75, 3.05) is 5.32 Å². The van der Waals surface area contributed by atoms with Gasteiger partial charge in [-0.25, -0.2) is 0 Å². The molecule has 0 radical (unpaired) electrons. The Hall–Kier alpha value is -1.61. The molecule has 1 heterocycles. The van der Waals surface area contributed by atoms with E-state index in [0.29, 0.717) is 16.2 Å². The minimum atomic E-state index is -0.121. The number of fused-ring (bicyclic) bond motifs is 1. The summed E-state index contributed by atoms with van der Waals surface area (Å²) < 4.78 is 0. The monoisotopic (exact) mass is 220 g/mol. The average molecular weight is 221 g/mol. The second-order valence-corrected chi connectivity index (χ2v) is 3.58. The van der Waals surface area contributed by atoms with Crippen LogP contribution in [-0.4, -0.2) is 10.9 Å². The van der Waals surface area contributed by atoms with Crippen molar-refractivity contribution >= 4 is 34.1 Å². The molecule has 0 saturated carbocycles. The van der Waals surface area contributed by atoms with E-state index in [1.165, 1.54) is 6.92 Å². The molecule has 0 saturated heterocycles. The number of hydrogen-bond acceptors (Lipinski definition) is 2. The number of rotatable bonds is 1. The van der Waals surface area contributed by atoms with Crippen molar-refractivity contribution in [3.63, 3.8) is 0 Å². The maximum atomic E-state index is 11.0. The van der Waals surface area contributed by atoms with Gasteiger partial charge in [-0.05, 0) is 24.3 Å². The van der Waals surface area contributed by atoms with Crippen molar-refractivity contribution in [2.24, 2.45) is 0 Å². The molecule has 2 aromatic rings. The molecule has 0 spiro atoms. The molecular formula is C11H9ClN2O. The van der Waals surface area contributed by atoms with E-state index >= 15 is 0 Å². The first-order chi connectivity index (χ1) is 7.18. The Morgan fingerprint density at radius 3 is 2.93 bits per heavy atom. The number of benzene rings is 1. The van der Waals surface area contributed by atoms with Crippen LogP contribution in [0.2, 0.25) is 5.02 Å². The van der Waals surface area contributed by atoms with Crippen LogP contribution in [0, 0.1) is 0 Å². The van der Waals surface area contributed by atoms with Gasteiger partial charge in [0.05, 0.1) is 16.2 Å². The number of pyridine rings is 1. The van der Waals surface area contributed by atoms with Crippen LogP contribution in [0.5, 0.6) is 0 Å². The fraction of sp³-hybridized carbons (Fsp3) is 0.0909. The van der Waals surface area contributed by atoms with Gasteiger partial charge in [0.15, 0.2) is 0 Å². The molecule has 2 rings (SSSR count). The van der Waals surface area contributed by atoms with Gasteiger partial charge in [0.25, 0.3) is 0 Å². The van der Waals surface area contributed by atoms with Crippen molar-refractivity contribution in [2.45, 2.75) is 6.92 Å². The van der Waals surface area contributed by atoms with Gasteiger partial charge in [0.2, 0.25) is 5.91 Å². The summed E-state index contributed by atoms with van der Waals surface area (Å²) in [6, 6.07) is 7.18. The predicted molar refractivity (Wildman–Crippen MR) is 61.1 cm³/mol. The molecule has 1 amide bonds. The maximum absolute atomic E-state index is 11.0. The van der Waals surface area contributed by atoms with Crippen LogP contribution in [0.1, 0.15) is 6.92 Å². The smallest absolute Gasteiger partial charge is 0.221 e. The van der Waals surface area contributed by atoms with E-state index in [1.54, 1.807) is 18.3 Å². The van der Waals surface area contributed by atoms with E-state index in [9.17, 15) is 4.79 Å². The highest BCUT2D eigenvalue weighted by atomic mass is 35.5. The SMILES string of the molecule is CC(=O)Nc1ccc(Cl)c2cccnc12. The standard InChI is InChI=1S/C11H9ClN2O/c1-7(15)14-10-5-4-9(12)8-3-2-6-13-11(8)10/h2-6H,1H3,(H,14,15). The van der Waals surface area contributed by atoms with Crippen LogP contribution >= 0.6 is 11.6 Å². The summed E-state index contributed by atoms with van der Waals surface area (Å²) in [6.45, 7) is 1.46. The van der Waals surface area contributed by atoms with Gasteiger partial charge in [0, 0.05) is 18.5 Å². The third kappa shape index (κ3) is 1.92. The summed E-state index contributed by atoms with van der Waals surface area (Å²) >= 11 is 6.01. The fourth-order valence-corrected chi connectivity index (χ4v) is 1.64. The lowest BCUT2D eigenvalue weighted by Crippen LogP contribution is -2.06. The number of anilines is 1. The Morgan fingerprint density at radius 1 is 1.40 bits per heavy atom. The number of halogens is 1. The Labute approximate surface area is 92.1 Å². The van der Waals surface area contributed by atoms with Gasteiger partial charge < -0.3 is 5.32 Å². The molecular weight excluding hydrogens is 212 g/mol. The average Bonchev–Trinajstić information content (AvgIpc) is 2.22. The van der Waals surface area contributed by atoms with Crippen LogP contribution < -0.4 is 5.32 Å². The summed E-state index contributed by atoms with van der Waals surface area (Å²) in [4.78, 5) is 15.2. The molecule has 0 aliphatic heterocycles. The zero-order chi connectivity index (χ0) is 10.8. The molecule has 0 unspecified atom stereocenters. The molecule has 3 nitrogen and oxygen atoms in total. The van der Waals surface area contributed by atoms with Crippen molar-refractivity contribution in [1.82, 2.24) is 4.98 Å². The Bertz CT molecular complexity index is 525. The molecule has 15 heavy (non-hydrogen) atoms. The lowest BCUT2D eigenvalue weighted by molar-refractivity contribution is -0.114. The predicted octanol–water partition coefficient (Wildman–Crippen LogP) is 2.85. The lowest BCUT2D eigenvalue weighted by atomic mass is 10.2. The van der Waals surface area contributed by atoms with E-state index in [2.05, 4.69) is 10.3 Å². The maximum Gasteiger partial charge on any atom is 0.221 e. The van der Waals surface area contributed by atoms with Crippen LogP contribution in [0.25, 0.3) is 10.9 Å². The number of nitrogens with one attached hydrogen (secondary N) is 1. The number of aromatic nitrogens is 1. The fourth-order valence-electron chi connectivity index (χ4n) is 1.43. The second kappa shape index (κ2) is 3.87. The number of nitrogens with zero attached hydrogens (tertiary/aromatic N) is 1. The largest absolute Gasteiger partial charge is 0.324 e. The highest BCUT2D eigenvalue weighted by Crippen LogP contribution is 2.27. The quantitative estimate of drug-likeness (QED) is 0.803. The topological polar surface area (TPSA) is 42.0 Å². The third-order valence-corrected chi connectivity index (χ3v) is 2.36. The molecule has 4 heteroatoms. The zero-order valence-electron chi connectivity index (χ0n) is 8.12. The van der Waals surface area contributed by atoms with Crippen LogP contribution in [0.15, 0.2) is 30.5 Å². The molecule has 0 aliphatic carbocycles. The molecule has 0 fully saturated rings. The van der Waals surface area contributed by atoms with E-state index in [1.807, 2.05) is 12.1 Å². The van der Waals surface area contributed by atoms with Crippen LogP contribution in [0.3, 0.4) is 0 Å². The van der Waals surface area contributed by atoms with Crippen molar-refractivity contribution in [3.05, 3.63) is 35.5 Å². The summed E-state index contributed by atoms with van der Waals surface area (Å²) in [5.41, 5.74) is 1.39. The minimum Gasteiger partial charge on any atom is -0.324 e. The first-order valence-corrected chi connectivity index (χ1v) is 4.87.